The third-order valence-electron chi connectivity index (χ3n) is 5.59. The van der Waals surface area contributed by atoms with Crippen LogP contribution in [0, 0.1) is 9.39 Å². The van der Waals surface area contributed by atoms with E-state index < -0.39 is 18.2 Å². The number of ether oxygens (including phenoxy) is 2. The molecule has 1 aliphatic rings. The summed E-state index contributed by atoms with van der Waals surface area (Å²) in [7, 11) is 1.45. The molecule has 0 saturated heterocycles. The van der Waals surface area contributed by atoms with Gasteiger partial charge in [-0.1, -0.05) is 12.1 Å². The number of aliphatic hydroxyl groups is 2. The van der Waals surface area contributed by atoms with Gasteiger partial charge < -0.3 is 30.3 Å². The molecular formula is C25H28FIN2O6. The Kier molecular flexibility index (Phi) is 10.0. The number of carbonyl (C=O) groups is 2. The molecular weight excluding hydrogens is 570 g/mol. The number of halogens is 2. The van der Waals surface area contributed by atoms with E-state index in [1.807, 2.05) is 28.7 Å². The molecule has 0 aromatic heterocycles. The second kappa shape index (κ2) is 13.0. The van der Waals surface area contributed by atoms with Gasteiger partial charge in [0.05, 0.1) is 17.3 Å². The Bertz CT molecular complexity index is 1080. The fourth-order valence-electron chi connectivity index (χ4n) is 3.85. The van der Waals surface area contributed by atoms with Gasteiger partial charge in [0.15, 0.2) is 11.5 Å². The Morgan fingerprint density at radius 2 is 2.09 bits per heavy atom. The minimum absolute atomic E-state index is 0.0980. The van der Waals surface area contributed by atoms with Crippen LogP contribution in [0.25, 0.3) is 0 Å². The first kappa shape index (κ1) is 27.1. The van der Waals surface area contributed by atoms with Crippen molar-refractivity contribution in [2.24, 2.45) is 0 Å². The van der Waals surface area contributed by atoms with Crippen molar-refractivity contribution >= 4 is 34.8 Å². The van der Waals surface area contributed by atoms with E-state index in [4.69, 9.17) is 14.6 Å². The summed E-state index contributed by atoms with van der Waals surface area (Å²) in [4.78, 5) is 23.9. The highest BCUT2D eigenvalue weighted by Crippen LogP contribution is 2.36. The lowest BCUT2D eigenvalue weighted by Gasteiger charge is -2.34. The Labute approximate surface area is 216 Å². The molecule has 1 aliphatic carbocycles. The molecule has 0 heterocycles. The lowest BCUT2D eigenvalue weighted by atomic mass is 9.89. The summed E-state index contributed by atoms with van der Waals surface area (Å²) < 4.78 is 25.6. The summed E-state index contributed by atoms with van der Waals surface area (Å²) in [5, 5.41) is 26.0. The predicted molar refractivity (Wildman–Crippen MR) is 136 cm³/mol. The van der Waals surface area contributed by atoms with Gasteiger partial charge in [-0.15, -0.1) is 0 Å². The van der Waals surface area contributed by atoms with Crippen molar-refractivity contribution in [3.05, 3.63) is 68.6 Å². The summed E-state index contributed by atoms with van der Waals surface area (Å²) in [6.45, 7) is 0.342. The van der Waals surface area contributed by atoms with Crippen LogP contribution in [0.2, 0.25) is 0 Å². The topological polar surface area (TPSA) is 117 Å². The van der Waals surface area contributed by atoms with Crippen molar-refractivity contribution in [2.45, 2.75) is 31.1 Å². The van der Waals surface area contributed by atoms with Gasteiger partial charge in [0.1, 0.15) is 24.3 Å². The maximum atomic E-state index is 13.5. The summed E-state index contributed by atoms with van der Waals surface area (Å²) >= 11 is 2.02. The number of aliphatic hydroxyl groups excluding tert-OH is 2. The molecule has 188 valence electrons. The van der Waals surface area contributed by atoms with Crippen LogP contribution in [-0.2, 0) is 11.2 Å². The molecule has 0 aliphatic heterocycles. The number of methoxy groups -OCH3 is 1. The van der Waals surface area contributed by atoms with Crippen molar-refractivity contribution in [1.29, 1.82) is 0 Å². The van der Waals surface area contributed by atoms with E-state index in [1.54, 1.807) is 18.2 Å². The lowest BCUT2D eigenvalue weighted by Crippen LogP contribution is -2.52. The molecule has 0 spiro atoms. The van der Waals surface area contributed by atoms with Crippen LogP contribution in [0.4, 0.5) is 4.39 Å². The Balaban J connectivity index is 1.81. The Morgan fingerprint density at radius 1 is 1.29 bits per heavy atom. The number of carbonyl (C=O) groups excluding carboxylic acids is 2. The number of benzene rings is 2. The molecule has 2 aromatic rings. The highest BCUT2D eigenvalue weighted by molar-refractivity contribution is 14.1. The van der Waals surface area contributed by atoms with Crippen LogP contribution in [0.1, 0.15) is 22.3 Å². The zero-order valence-corrected chi connectivity index (χ0v) is 21.3. The van der Waals surface area contributed by atoms with Crippen molar-refractivity contribution < 1.29 is 33.7 Å². The highest BCUT2D eigenvalue weighted by atomic mass is 127. The lowest BCUT2D eigenvalue weighted by molar-refractivity contribution is -0.118. The average molecular weight is 598 g/mol. The third kappa shape index (κ3) is 7.23. The highest BCUT2D eigenvalue weighted by Gasteiger charge is 2.36. The first-order valence-electron chi connectivity index (χ1n) is 11.1. The minimum atomic E-state index is -1.01. The van der Waals surface area contributed by atoms with E-state index in [1.165, 1.54) is 25.3 Å². The van der Waals surface area contributed by atoms with E-state index in [-0.39, 0.29) is 31.3 Å². The molecule has 3 atom stereocenters. The van der Waals surface area contributed by atoms with Gasteiger partial charge in [-0.05, 0) is 77.9 Å². The fourth-order valence-corrected chi connectivity index (χ4v) is 4.60. The van der Waals surface area contributed by atoms with Crippen molar-refractivity contribution in [2.75, 3.05) is 26.8 Å². The van der Waals surface area contributed by atoms with Gasteiger partial charge in [0, 0.05) is 23.7 Å². The van der Waals surface area contributed by atoms with E-state index in [2.05, 4.69) is 10.6 Å². The maximum absolute atomic E-state index is 13.5. The first-order valence-corrected chi connectivity index (χ1v) is 12.2. The average Bonchev–Trinajstić information content (AvgIpc) is 2.85. The first-order chi connectivity index (χ1) is 16.9. The summed E-state index contributed by atoms with van der Waals surface area (Å²) in [5.74, 6) is -0.0142. The Morgan fingerprint density at radius 3 is 2.77 bits per heavy atom. The largest absolute Gasteiger partial charge is 0.493 e. The molecule has 4 N–H and O–H groups in total. The quantitative estimate of drug-likeness (QED) is 0.231. The standard InChI is InChI=1S/C25H28FIN2O6/c1-34-22-11-16(14-31)10-19(27)24(22)35-21-13-17(25(33)29-7-8-30)12-20(23(21)32)28-6-5-15-3-2-4-18(26)9-15/h2-4,9-11,13-14,20-21,23,28,30,32H,5-8,12H2,1H3,(H,29,33)/t20-,21+,23+/m1/s1. The molecule has 2 aromatic carbocycles. The second-order valence-electron chi connectivity index (χ2n) is 8.04. The van der Waals surface area contributed by atoms with Crippen molar-refractivity contribution in [3.8, 4) is 11.5 Å². The fraction of sp³-hybridized carbons (Fsp3) is 0.360. The van der Waals surface area contributed by atoms with Crippen molar-refractivity contribution in [1.82, 2.24) is 10.6 Å². The molecule has 0 radical (unpaired) electrons. The molecule has 0 fully saturated rings. The summed E-state index contributed by atoms with van der Waals surface area (Å²) in [6.07, 6.45) is 1.12. The number of amides is 1. The maximum Gasteiger partial charge on any atom is 0.247 e. The smallest absolute Gasteiger partial charge is 0.247 e. The van der Waals surface area contributed by atoms with Crippen LogP contribution in [0.3, 0.4) is 0 Å². The van der Waals surface area contributed by atoms with Gasteiger partial charge in [0.25, 0.3) is 0 Å². The van der Waals surface area contributed by atoms with Crippen LogP contribution in [0.5, 0.6) is 11.5 Å². The minimum Gasteiger partial charge on any atom is -0.493 e. The monoisotopic (exact) mass is 598 g/mol. The number of nitrogens with one attached hydrogen (secondary N) is 2. The van der Waals surface area contributed by atoms with E-state index in [0.29, 0.717) is 45.5 Å². The van der Waals surface area contributed by atoms with Crippen LogP contribution < -0.4 is 20.1 Å². The van der Waals surface area contributed by atoms with Crippen LogP contribution in [-0.4, -0.2) is 67.5 Å². The van der Waals surface area contributed by atoms with Gasteiger partial charge >= 0.3 is 0 Å². The molecule has 0 unspecified atom stereocenters. The van der Waals surface area contributed by atoms with E-state index in [9.17, 15) is 19.1 Å². The number of hydrogen-bond acceptors (Lipinski definition) is 7. The van der Waals surface area contributed by atoms with Gasteiger partial charge in [-0.3, -0.25) is 9.59 Å². The van der Waals surface area contributed by atoms with E-state index in [0.717, 1.165) is 5.56 Å². The number of rotatable bonds is 11. The van der Waals surface area contributed by atoms with Crippen molar-refractivity contribution in [3.63, 3.8) is 0 Å². The zero-order chi connectivity index (χ0) is 25.4. The number of aldehydes is 1. The van der Waals surface area contributed by atoms with Gasteiger partial charge in [-0.2, -0.15) is 0 Å². The molecule has 3 rings (SSSR count). The normalized spacial score (nSPS) is 19.6. The number of hydrogen-bond donors (Lipinski definition) is 4. The summed E-state index contributed by atoms with van der Waals surface area (Å²) in [5.41, 5.74) is 1.62. The molecule has 0 saturated carbocycles. The third-order valence-corrected chi connectivity index (χ3v) is 6.40. The van der Waals surface area contributed by atoms with Crippen LogP contribution in [0.15, 0.2) is 48.0 Å². The second-order valence-corrected chi connectivity index (χ2v) is 9.20. The zero-order valence-electron chi connectivity index (χ0n) is 19.2. The summed E-state index contributed by atoms with van der Waals surface area (Å²) in [6, 6.07) is 8.94. The van der Waals surface area contributed by atoms with Gasteiger partial charge in [0.2, 0.25) is 5.91 Å². The molecule has 10 heteroatoms. The van der Waals surface area contributed by atoms with Gasteiger partial charge in [-0.25, -0.2) is 4.39 Å². The molecule has 35 heavy (non-hydrogen) atoms. The SMILES string of the molecule is COc1cc(C=O)cc(I)c1O[C@H]1C=C(C(=O)NCCO)C[C@@H](NCCc2cccc(F)c2)[C@@H]1O. The van der Waals surface area contributed by atoms with E-state index >= 15 is 0 Å². The predicted octanol–water partition coefficient (Wildman–Crippen LogP) is 2.00. The molecule has 8 nitrogen and oxygen atoms in total. The molecule has 0 bridgehead atoms. The van der Waals surface area contributed by atoms with Crippen LogP contribution >= 0.6 is 22.6 Å². The molecule has 1 amide bonds. The Hall–Kier alpha value is -2.54.